The van der Waals surface area contributed by atoms with E-state index < -0.39 is 14.2 Å². The van der Waals surface area contributed by atoms with Crippen molar-refractivity contribution in [1.82, 2.24) is 0 Å². The molecule has 5 atom stereocenters. The number of carbonyl (C=O) groups excluding carboxylic acids is 2. The van der Waals surface area contributed by atoms with Gasteiger partial charge in [0.15, 0.2) is 0 Å². The normalized spacial score (nSPS) is 36.2. The Hall–Kier alpha value is -1.40. The second-order valence-corrected chi connectivity index (χ2v) is 15.2. The van der Waals surface area contributed by atoms with Crippen LogP contribution in [0.4, 0.5) is 0 Å². The Morgan fingerprint density at radius 3 is 2.42 bits per heavy atom. The maximum atomic E-state index is 12.5. The van der Waals surface area contributed by atoms with Gasteiger partial charge >= 0.3 is 11.9 Å². The van der Waals surface area contributed by atoms with E-state index in [0.717, 1.165) is 5.76 Å². The third-order valence-electron chi connectivity index (χ3n) is 7.10. The lowest BCUT2D eigenvalue weighted by atomic mass is 9.75. The molecular weight excluding hydrogens is 364 g/mol. The molecule has 2 heterocycles. The average molecular weight is 391 g/mol. The van der Waals surface area contributed by atoms with Crippen molar-refractivity contribution < 1.29 is 18.8 Å². The van der Waals surface area contributed by atoms with E-state index in [1.165, 1.54) is 4.88 Å². The molecule has 3 aliphatic rings. The van der Waals surface area contributed by atoms with E-state index in [9.17, 15) is 9.59 Å². The first-order valence-corrected chi connectivity index (χ1v) is 13.0. The van der Waals surface area contributed by atoms with Crippen LogP contribution in [0.1, 0.15) is 32.6 Å². The van der Waals surface area contributed by atoms with Crippen LogP contribution in [0.2, 0.25) is 18.1 Å². The van der Waals surface area contributed by atoms with Crippen molar-refractivity contribution in [3.05, 3.63) is 34.2 Å². The number of allylic oxidation sites excluding steroid dienone is 2. The smallest absolute Gasteiger partial charge is 0.318 e. The first-order chi connectivity index (χ1) is 12.0. The van der Waals surface area contributed by atoms with Crippen molar-refractivity contribution >= 4 is 31.6 Å². The van der Waals surface area contributed by atoms with E-state index in [4.69, 9.17) is 9.16 Å². The minimum atomic E-state index is -2.04. The Labute approximate surface area is 159 Å². The lowest BCUT2D eigenvalue weighted by Crippen LogP contribution is -2.43. The molecule has 4 rings (SSSR count). The molecule has 1 aliphatic heterocycles. The number of thiophene rings is 1. The molecule has 0 amide bonds. The van der Waals surface area contributed by atoms with Crippen LogP contribution in [0, 0.1) is 23.7 Å². The molecule has 0 spiro atoms. The number of rotatable bonds is 3. The highest BCUT2D eigenvalue weighted by Crippen LogP contribution is 2.66. The molecule has 2 fully saturated rings. The van der Waals surface area contributed by atoms with Gasteiger partial charge < -0.3 is 9.16 Å². The molecule has 1 saturated heterocycles. The van der Waals surface area contributed by atoms with E-state index in [2.05, 4.69) is 58.3 Å². The van der Waals surface area contributed by atoms with E-state index in [-0.39, 0.29) is 40.1 Å². The quantitative estimate of drug-likeness (QED) is 0.434. The summed E-state index contributed by atoms with van der Waals surface area (Å²) >= 11 is 1.69. The van der Waals surface area contributed by atoms with Crippen LogP contribution in [0.3, 0.4) is 0 Å². The van der Waals surface area contributed by atoms with E-state index in [1.807, 2.05) is 6.07 Å². The predicted molar refractivity (Wildman–Crippen MR) is 103 cm³/mol. The van der Waals surface area contributed by atoms with Crippen molar-refractivity contribution in [2.24, 2.45) is 23.7 Å². The summed E-state index contributed by atoms with van der Waals surface area (Å²) in [4.78, 5) is 26.1. The van der Waals surface area contributed by atoms with Gasteiger partial charge in [-0.15, -0.1) is 11.3 Å². The summed E-state index contributed by atoms with van der Waals surface area (Å²) < 4.78 is 11.7. The Morgan fingerprint density at radius 1 is 1.19 bits per heavy atom. The van der Waals surface area contributed by atoms with Crippen LogP contribution in [-0.4, -0.2) is 20.3 Å². The maximum absolute atomic E-state index is 12.5. The van der Waals surface area contributed by atoms with Crippen molar-refractivity contribution in [1.29, 1.82) is 0 Å². The van der Waals surface area contributed by atoms with Crippen LogP contribution < -0.4 is 0 Å². The molecule has 1 saturated carbocycles. The number of esters is 2. The summed E-state index contributed by atoms with van der Waals surface area (Å²) in [5.41, 5.74) is -0.281. The number of cyclic esters (lactones) is 2. The maximum Gasteiger partial charge on any atom is 0.318 e. The monoisotopic (exact) mass is 390 g/mol. The predicted octanol–water partition coefficient (Wildman–Crippen LogP) is 4.49. The molecule has 4 nitrogen and oxygen atoms in total. The second kappa shape index (κ2) is 5.32. The van der Waals surface area contributed by atoms with Crippen LogP contribution in [-0.2, 0) is 24.2 Å². The number of fused-ring (bicyclic) bond motifs is 5. The fourth-order valence-electron chi connectivity index (χ4n) is 4.67. The molecule has 0 N–H and O–H groups in total. The van der Waals surface area contributed by atoms with Crippen LogP contribution in [0.15, 0.2) is 29.3 Å². The topological polar surface area (TPSA) is 52.6 Å². The summed E-state index contributed by atoms with van der Waals surface area (Å²) in [6.07, 6.45) is 2.13. The Morgan fingerprint density at radius 2 is 1.85 bits per heavy atom. The van der Waals surface area contributed by atoms with Crippen LogP contribution in [0.25, 0.3) is 0 Å². The van der Waals surface area contributed by atoms with Gasteiger partial charge in [0.2, 0.25) is 8.32 Å². The molecule has 26 heavy (non-hydrogen) atoms. The summed E-state index contributed by atoms with van der Waals surface area (Å²) in [7, 11) is -2.04. The molecule has 0 radical (unpaired) electrons. The number of hydrogen-bond donors (Lipinski definition) is 0. The first-order valence-electron chi connectivity index (χ1n) is 9.19. The van der Waals surface area contributed by atoms with Crippen molar-refractivity contribution in [3.8, 4) is 0 Å². The Balaban J connectivity index is 1.79. The molecule has 2 bridgehead atoms. The number of hydrogen-bond acceptors (Lipinski definition) is 5. The fourth-order valence-corrected chi connectivity index (χ4v) is 6.74. The van der Waals surface area contributed by atoms with Gasteiger partial charge in [-0.05, 0) is 35.7 Å². The lowest BCUT2D eigenvalue weighted by Gasteiger charge is -2.40. The van der Waals surface area contributed by atoms with Gasteiger partial charge in [-0.1, -0.05) is 33.8 Å². The van der Waals surface area contributed by atoms with Crippen molar-refractivity contribution in [2.45, 2.75) is 51.2 Å². The number of ether oxygens (including phenoxy) is 1. The summed E-state index contributed by atoms with van der Waals surface area (Å²) in [6.45, 7) is 13.3. The third-order valence-corrected chi connectivity index (χ3v) is 12.6. The zero-order valence-corrected chi connectivity index (χ0v) is 18.0. The molecule has 2 aliphatic carbocycles. The summed E-state index contributed by atoms with van der Waals surface area (Å²) in [5, 5.41) is 2.13. The van der Waals surface area contributed by atoms with Gasteiger partial charge in [0, 0.05) is 22.1 Å². The van der Waals surface area contributed by atoms with E-state index in [0.29, 0.717) is 0 Å². The third kappa shape index (κ3) is 2.18. The van der Waals surface area contributed by atoms with E-state index >= 15 is 0 Å². The zero-order chi connectivity index (χ0) is 19.1. The summed E-state index contributed by atoms with van der Waals surface area (Å²) in [6, 6.07) is 4.15. The van der Waals surface area contributed by atoms with E-state index in [1.54, 1.807) is 11.3 Å². The van der Waals surface area contributed by atoms with Gasteiger partial charge in [0.05, 0.1) is 17.6 Å². The van der Waals surface area contributed by atoms with Crippen LogP contribution in [0.5, 0.6) is 0 Å². The van der Waals surface area contributed by atoms with Crippen molar-refractivity contribution in [2.75, 3.05) is 0 Å². The van der Waals surface area contributed by atoms with Crippen molar-refractivity contribution in [3.63, 3.8) is 0 Å². The Bertz CT molecular complexity index is 804. The SMILES string of the molecule is CC1(c2cccs2)C2C=C(O[Si](C)(C)C(C)(C)C)C1C1C(=O)OC(=O)C12. The molecule has 5 unspecified atom stereocenters. The summed E-state index contributed by atoms with van der Waals surface area (Å²) in [5.74, 6) is -0.780. The van der Waals surface area contributed by atoms with Gasteiger partial charge in [-0.2, -0.15) is 0 Å². The largest absolute Gasteiger partial charge is 0.546 e. The lowest BCUT2D eigenvalue weighted by molar-refractivity contribution is -0.155. The fraction of sp³-hybridized carbons (Fsp3) is 0.600. The highest BCUT2D eigenvalue weighted by atomic mass is 32.1. The molecule has 6 heteroatoms. The molecule has 1 aromatic heterocycles. The molecule has 1 aromatic rings. The molecule has 140 valence electrons. The Kier molecular flexibility index (Phi) is 3.68. The minimum absolute atomic E-state index is 0.0464. The first kappa shape index (κ1) is 18.0. The number of carbonyl (C=O) groups is 2. The highest BCUT2D eigenvalue weighted by molar-refractivity contribution is 7.10. The van der Waals surface area contributed by atoms with Gasteiger partial charge in [-0.25, -0.2) is 0 Å². The standard InChI is InChI=1S/C20H26O4SSi/c1-19(2,3)26(5,6)24-12-10-11-14-15(18(22)23-17(14)21)16(12)20(11,4)13-8-7-9-25-13/h7-11,14-16H,1-6H3. The molecule has 0 aromatic carbocycles. The van der Waals surface area contributed by atoms with Crippen LogP contribution >= 0.6 is 11.3 Å². The molecular formula is C20H26O4SSi. The van der Waals surface area contributed by atoms with Gasteiger partial charge in [0.25, 0.3) is 0 Å². The average Bonchev–Trinajstić information content (AvgIpc) is 3.23. The highest BCUT2D eigenvalue weighted by Gasteiger charge is 2.71. The zero-order valence-electron chi connectivity index (χ0n) is 16.2. The van der Waals surface area contributed by atoms with Gasteiger partial charge in [0.1, 0.15) is 0 Å². The van der Waals surface area contributed by atoms with Gasteiger partial charge in [-0.3, -0.25) is 9.59 Å². The second-order valence-electron chi connectivity index (χ2n) is 9.49. The minimum Gasteiger partial charge on any atom is -0.546 e.